The lowest BCUT2D eigenvalue weighted by atomic mass is 9.79. The van der Waals surface area contributed by atoms with Crippen LogP contribution >= 0.6 is 0 Å². The molecule has 25 heavy (non-hydrogen) atoms. The SMILES string of the molecule is C[N+](C)(C)C1(Cc2ccccc2)c2ccccc2-c2ccccc21.[Br-]. The van der Waals surface area contributed by atoms with E-state index < -0.39 is 0 Å². The lowest BCUT2D eigenvalue weighted by molar-refractivity contribution is -0.924. The highest BCUT2D eigenvalue weighted by atomic mass is 79.9. The Hall–Kier alpha value is -1.90. The topological polar surface area (TPSA) is 0 Å². The second kappa shape index (κ2) is 6.44. The van der Waals surface area contributed by atoms with E-state index in [1.807, 2.05) is 0 Å². The zero-order valence-electron chi connectivity index (χ0n) is 15.0. The monoisotopic (exact) mass is 393 g/mol. The third-order valence-corrected chi connectivity index (χ3v) is 5.48. The molecule has 1 aliphatic carbocycles. The van der Waals surface area contributed by atoms with Gasteiger partial charge in [-0.3, -0.25) is 0 Å². The van der Waals surface area contributed by atoms with Crippen LogP contribution in [0.5, 0.6) is 0 Å². The number of halogens is 1. The Morgan fingerprint density at radius 3 is 1.56 bits per heavy atom. The van der Waals surface area contributed by atoms with Crippen LogP contribution in [0.1, 0.15) is 16.7 Å². The maximum Gasteiger partial charge on any atom is 0.155 e. The molecule has 3 aromatic rings. The van der Waals surface area contributed by atoms with Crippen molar-refractivity contribution in [2.75, 3.05) is 21.1 Å². The van der Waals surface area contributed by atoms with Gasteiger partial charge in [0.2, 0.25) is 0 Å². The predicted molar refractivity (Wildman–Crippen MR) is 101 cm³/mol. The van der Waals surface area contributed by atoms with Gasteiger partial charge >= 0.3 is 0 Å². The summed E-state index contributed by atoms with van der Waals surface area (Å²) in [6.45, 7) is 0. The zero-order chi connectivity index (χ0) is 16.8. The molecule has 4 rings (SSSR count). The summed E-state index contributed by atoms with van der Waals surface area (Å²) >= 11 is 0. The fourth-order valence-corrected chi connectivity index (χ4v) is 4.34. The molecule has 0 saturated heterocycles. The van der Waals surface area contributed by atoms with Crippen molar-refractivity contribution in [3.05, 3.63) is 95.6 Å². The molecule has 0 radical (unpaired) electrons. The van der Waals surface area contributed by atoms with Gasteiger partial charge in [0.1, 0.15) is 0 Å². The van der Waals surface area contributed by atoms with Gasteiger partial charge in [-0.05, 0) is 16.7 Å². The van der Waals surface area contributed by atoms with Crippen LogP contribution in [-0.4, -0.2) is 25.6 Å². The highest BCUT2D eigenvalue weighted by Crippen LogP contribution is 2.53. The maximum absolute atomic E-state index is 2.32. The van der Waals surface area contributed by atoms with Crippen LogP contribution in [0.2, 0.25) is 0 Å². The van der Waals surface area contributed by atoms with Crippen LogP contribution in [0.15, 0.2) is 78.9 Å². The van der Waals surface area contributed by atoms with E-state index in [4.69, 9.17) is 0 Å². The van der Waals surface area contributed by atoms with Crippen LogP contribution in [0.4, 0.5) is 0 Å². The van der Waals surface area contributed by atoms with Gasteiger partial charge in [-0.1, -0.05) is 78.9 Å². The molecular formula is C23H24BrN. The molecule has 0 spiro atoms. The number of fused-ring (bicyclic) bond motifs is 3. The average molecular weight is 394 g/mol. The minimum absolute atomic E-state index is 0. The molecule has 0 aromatic heterocycles. The molecule has 0 heterocycles. The average Bonchev–Trinajstić information content (AvgIpc) is 2.88. The lowest BCUT2D eigenvalue weighted by Crippen LogP contribution is -3.00. The molecule has 2 heteroatoms. The van der Waals surface area contributed by atoms with Crippen molar-refractivity contribution in [1.29, 1.82) is 0 Å². The normalized spacial score (nSPS) is 14.4. The second-order valence-electron chi connectivity index (χ2n) is 7.63. The van der Waals surface area contributed by atoms with E-state index in [0.29, 0.717) is 0 Å². The van der Waals surface area contributed by atoms with Crippen molar-refractivity contribution in [1.82, 2.24) is 0 Å². The van der Waals surface area contributed by atoms with Gasteiger partial charge in [0.25, 0.3) is 0 Å². The number of quaternary nitrogens is 1. The minimum Gasteiger partial charge on any atom is -1.00 e. The Morgan fingerprint density at radius 1 is 0.640 bits per heavy atom. The first-order valence-corrected chi connectivity index (χ1v) is 8.59. The Morgan fingerprint density at radius 2 is 1.08 bits per heavy atom. The number of hydrogen-bond donors (Lipinski definition) is 0. The van der Waals surface area contributed by atoms with Gasteiger partial charge in [-0.25, -0.2) is 0 Å². The van der Waals surface area contributed by atoms with Crippen LogP contribution in [0, 0.1) is 0 Å². The van der Waals surface area contributed by atoms with E-state index in [1.165, 1.54) is 27.8 Å². The smallest absolute Gasteiger partial charge is 0.155 e. The van der Waals surface area contributed by atoms with Crippen molar-refractivity contribution in [3.8, 4) is 11.1 Å². The molecule has 0 atom stereocenters. The molecule has 0 fully saturated rings. The Labute approximate surface area is 161 Å². The van der Waals surface area contributed by atoms with E-state index in [-0.39, 0.29) is 22.5 Å². The summed E-state index contributed by atoms with van der Waals surface area (Å²) in [6.07, 6.45) is 1.01. The Balaban J connectivity index is 0.00000182. The van der Waals surface area contributed by atoms with Crippen molar-refractivity contribution in [2.45, 2.75) is 12.0 Å². The number of hydrogen-bond acceptors (Lipinski definition) is 0. The maximum atomic E-state index is 2.32. The van der Waals surface area contributed by atoms with E-state index in [1.54, 1.807) is 0 Å². The van der Waals surface area contributed by atoms with Crippen LogP contribution < -0.4 is 17.0 Å². The van der Waals surface area contributed by atoms with Crippen molar-refractivity contribution < 1.29 is 21.5 Å². The van der Waals surface area contributed by atoms with Gasteiger partial charge in [-0.15, -0.1) is 0 Å². The van der Waals surface area contributed by atoms with Gasteiger partial charge < -0.3 is 21.5 Å². The van der Waals surface area contributed by atoms with Gasteiger partial charge in [-0.2, -0.15) is 0 Å². The Kier molecular flexibility index (Phi) is 4.61. The molecule has 3 aromatic carbocycles. The summed E-state index contributed by atoms with van der Waals surface area (Å²) < 4.78 is 0.871. The molecule has 0 N–H and O–H groups in total. The number of nitrogens with zero attached hydrogens (tertiary/aromatic N) is 1. The molecule has 1 aliphatic rings. The number of benzene rings is 3. The van der Waals surface area contributed by atoms with E-state index in [9.17, 15) is 0 Å². The highest BCUT2D eigenvalue weighted by molar-refractivity contribution is 5.80. The van der Waals surface area contributed by atoms with Gasteiger partial charge in [0, 0.05) is 17.5 Å². The van der Waals surface area contributed by atoms with Gasteiger partial charge in [0.15, 0.2) is 5.54 Å². The summed E-state index contributed by atoms with van der Waals surface area (Å²) in [7, 11) is 6.96. The molecule has 128 valence electrons. The minimum atomic E-state index is -0.0610. The predicted octanol–water partition coefficient (Wildman–Crippen LogP) is 1.86. The molecule has 0 aliphatic heterocycles. The van der Waals surface area contributed by atoms with Gasteiger partial charge in [0.05, 0.1) is 21.1 Å². The van der Waals surface area contributed by atoms with Crippen LogP contribution in [0.3, 0.4) is 0 Å². The second-order valence-corrected chi connectivity index (χ2v) is 7.63. The molecule has 0 amide bonds. The highest BCUT2D eigenvalue weighted by Gasteiger charge is 2.52. The summed E-state index contributed by atoms with van der Waals surface area (Å²) in [6, 6.07) is 28.8. The van der Waals surface area contributed by atoms with Crippen molar-refractivity contribution in [3.63, 3.8) is 0 Å². The summed E-state index contributed by atoms with van der Waals surface area (Å²) in [5, 5.41) is 0. The number of likely N-dealkylation sites (N-methyl/N-ethyl adjacent to an activating group) is 1. The third kappa shape index (κ3) is 2.65. The van der Waals surface area contributed by atoms with E-state index >= 15 is 0 Å². The van der Waals surface area contributed by atoms with Crippen LogP contribution in [0.25, 0.3) is 11.1 Å². The summed E-state index contributed by atoms with van der Waals surface area (Å²) in [5.41, 5.74) is 6.99. The molecule has 0 bridgehead atoms. The molecular weight excluding hydrogens is 370 g/mol. The largest absolute Gasteiger partial charge is 1.00 e. The summed E-state index contributed by atoms with van der Waals surface area (Å²) in [4.78, 5) is 0. The first-order chi connectivity index (χ1) is 11.5. The third-order valence-electron chi connectivity index (χ3n) is 5.48. The fraction of sp³-hybridized carbons (Fsp3) is 0.217. The first kappa shape index (κ1) is 17.9. The zero-order valence-corrected chi connectivity index (χ0v) is 16.6. The molecule has 0 unspecified atom stereocenters. The van der Waals surface area contributed by atoms with Crippen LogP contribution in [-0.2, 0) is 12.0 Å². The number of rotatable bonds is 3. The Bertz CT molecular complexity index is 832. The molecule has 0 saturated carbocycles. The first-order valence-electron chi connectivity index (χ1n) is 8.59. The van der Waals surface area contributed by atoms with Crippen molar-refractivity contribution >= 4 is 0 Å². The molecule has 1 nitrogen and oxygen atoms in total. The fourth-order valence-electron chi connectivity index (χ4n) is 4.34. The van der Waals surface area contributed by atoms with E-state index in [0.717, 1.165) is 10.9 Å². The summed E-state index contributed by atoms with van der Waals surface area (Å²) in [5.74, 6) is 0. The standard InChI is InChI=1S/C23H24N.BrH/c1-24(2,3)23(17-18-11-5-4-6-12-18)21-15-9-7-13-19(21)20-14-8-10-16-22(20)23;/h4-16H,17H2,1-3H3;1H/q+1;/p-1. The lowest BCUT2D eigenvalue weighted by Gasteiger charge is -2.45. The van der Waals surface area contributed by atoms with E-state index in [2.05, 4.69) is 100 Å². The van der Waals surface area contributed by atoms with Crippen molar-refractivity contribution in [2.24, 2.45) is 0 Å². The quantitative estimate of drug-likeness (QED) is 0.595.